The van der Waals surface area contributed by atoms with E-state index in [1.807, 2.05) is 11.3 Å². The van der Waals surface area contributed by atoms with Gasteiger partial charge in [0.15, 0.2) is 0 Å². The molecule has 182 valence electrons. The van der Waals surface area contributed by atoms with Crippen LogP contribution in [0.2, 0.25) is 0 Å². The molecule has 0 radical (unpaired) electrons. The molecule has 0 N–H and O–H groups in total. The van der Waals surface area contributed by atoms with E-state index < -0.39 is 0 Å². The van der Waals surface area contributed by atoms with Crippen LogP contribution in [0.15, 0.2) is 24.3 Å². The Morgan fingerprint density at radius 3 is 1.85 bits per heavy atom. The molecule has 0 saturated heterocycles. The maximum atomic E-state index is 6.42. The van der Waals surface area contributed by atoms with E-state index in [-0.39, 0.29) is 0 Å². The van der Waals surface area contributed by atoms with Crippen molar-refractivity contribution in [2.75, 3.05) is 13.2 Å². The highest BCUT2D eigenvalue weighted by atomic mass is 32.1. The molecule has 3 rings (SSSR count). The molecule has 0 atom stereocenters. The molecule has 3 heteroatoms. The highest BCUT2D eigenvalue weighted by Gasteiger charge is 2.15. The standard InChI is InChI=1S/C30H44O2S/c1-5-7-9-11-13-15-17-31-25-21-26(32-18-16-14-12-10-8-6-2)30-28(22-25)33-27-20-23(3)19-24(4)29(27)30/h19-22H,5-18H2,1-4H3. The second kappa shape index (κ2) is 13.8. The van der Waals surface area contributed by atoms with E-state index in [2.05, 4.69) is 52.0 Å². The number of rotatable bonds is 16. The minimum Gasteiger partial charge on any atom is -0.493 e. The van der Waals surface area contributed by atoms with Crippen molar-refractivity contribution in [3.8, 4) is 11.5 Å². The molecule has 0 fully saturated rings. The van der Waals surface area contributed by atoms with Crippen LogP contribution in [0, 0.1) is 13.8 Å². The average molecular weight is 469 g/mol. The van der Waals surface area contributed by atoms with Crippen LogP contribution in [0.3, 0.4) is 0 Å². The van der Waals surface area contributed by atoms with E-state index in [0.717, 1.165) is 37.6 Å². The quantitative estimate of drug-likeness (QED) is 0.195. The van der Waals surface area contributed by atoms with Gasteiger partial charge in [0.05, 0.1) is 13.2 Å². The Balaban J connectivity index is 1.72. The van der Waals surface area contributed by atoms with Crippen LogP contribution in [0.1, 0.15) is 102 Å². The minimum atomic E-state index is 0.782. The first kappa shape index (κ1) is 25.9. The monoisotopic (exact) mass is 468 g/mol. The molecule has 0 aliphatic heterocycles. The van der Waals surface area contributed by atoms with E-state index in [1.165, 1.54) is 95.5 Å². The first-order valence-corrected chi connectivity index (χ1v) is 14.2. The van der Waals surface area contributed by atoms with Gasteiger partial charge in [-0.3, -0.25) is 0 Å². The predicted molar refractivity (Wildman–Crippen MR) is 147 cm³/mol. The van der Waals surface area contributed by atoms with Crippen molar-refractivity contribution in [1.82, 2.24) is 0 Å². The third-order valence-corrected chi connectivity index (χ3v) is 7.56. The first-order valence-electron chi connectivity index (χ1n) is 13.4. The molecule has 0 aliphatic carbocycles. The van der Waals surface area contributed by atoms with Gasteiger partial charge in [-0.1, -0.05) is 84.1 Å². The van der Waals surface area contributed by atoms with Gasteiger partial charge in [0.2, 0.25) is 0 Å². The topological polar surface area (TPSA) is 18.5 Å². The summed E-state index contributed by atoms with van der Waals surface area (Å²) in [7, 11) is 0. The zero-order valence-electron chi connectivity index (χ0n) is 21.4. The summed E-state index contributed by atoms with van der Waals surface area (Å²) in [5.74, 6) is 1.95. The van der Waals surface area contributed by atoms with Crippen molar-refractivity contribution < 1.29 is 9.47 Å². The fourth-order valence-corrected chi connectivity index (χ4v) is 6.00. The second-order valence-electron chi connectivity index (χ2n) is 9.58. The van der Waals surface area contributed by atoms with E-state index in [0.29, 0.717) is 0 Å². The molecule has 1 heterocycles. The summed E-state index contributed by atoms with van der Waals surface area (Å²) in [5, 5.41) is 2.62. The number of unbranched alkanes of at least 4 members (excludes halogenated alkanes) is 10. The van der Waals surface area contributed by atoms with Gasteiger partial charge in [-0.2, -0.15) is 0 Å². The zero-order chi connectivity index (χ0) is 23.5. The number of fused-ring (bicyclic) bond motifs is 3. The Hall–Kier alpha value is -1.74. The number of hydrogen-bond acceptors (Lipinski definition) is 3. The molecular weight excluding hydrogens is 424 g/mol. The lowest BCUT2D eigenvalue weighted by Crippen LogP contribution is -2.00. The van der Waals surface area contributed by atoms with Crippen molar-refractivity contribution in [2.24, 2.45) is 0 Å². The van der Waals surface area contributed by atoms with Crippen LogP contribution in [0.25, 0.3) is 20.2 Å². The maximum Gasteiger partial charge on any atom is 0.132 e. The maximum absolute atomic E-state index is 6.42. The number of thiophene rings is 1. The molecule has 0 spiro atoms. The molecule has 0 bridgehead atoms. The van der Waals surface area contributed by atoms with Gasteiger partial charge >= 0.3 is 0 Å². The smallest absolute Gasteiger partial charge is 0.132 e. The summed E-state index contributed by atoms with van der Waals surface area (Å²) < 4.78 is 15.2. The Kier molecular flexibility index (Phi) is 10.9. The van der Waals surface area contributed by atoms with Crippen LogP contribution >= 0.6 is 11.3 Å². The lowest BCUT2D eigenvalue weighted by Gasteiger charge is -2.12. The van der Waals surface area contributed by atoms with Crippen molar-refractivity contribution >= 4 is 31.5 Å². The van der Waals surface area contributed by atoms with Gasteiger partial charge in [-0.05, 0) is 49.9 Å². The normalized spacial score (nSPS) is 11.5. The summed E-state index contributed by atoms with van der Waals surface area (Å²) in [6, 6.07) is 8.96. The molecule has 2 nitrogen and oxygen atoms in total. The summed E-state index contributed by atoms with van der Waals surface area (Å²) in [4.78, 5) is 0. The van der Waals surface area contributed by atoms with E-state index in [9.17, 15) is 0 Å². The number of benzene rings is 2. The van der Waals surface area contributed by atoms with Crippen molar-refractivity contribution in [2.45, 2.75) is 105 Å². The van der Waals surface area contributed by atoms with Crippen LogP contribution < -0.4 is 9.47 Å². The van der Waals surface area contributed by atoms with Crippen LogP contribution in [-0.4, -0.2) is 13.2 Å². The molecule has 3 aromatic rings. The Morgan fingerprint density at radius 2 is 1.18 bits per heavy atom. The van der Waals surface area contributed by atoms with E-state index in [4.69, 9.17) is 9.47 Å². The van der Waals surface area contributed by atoms with Crippen LogP contribution in [0.4, 0.5) is 0 Å². The Morgan fingerprint density at radius 1 is 0.606 bits per heavy atom. The number of hydrogen-bond donors (Lipinski definition) is 0. The van der Waals surface area contributed by atoms with Gasteiger partial charge in [-0.15, -0.1) is 11.3 Å². The van der Waals surface area contributed by atoms with Crippen LogP contribution in [0.5, 0.6) is 11.5 Å². The fourth-order valence-electron chi connectivity index (χ4n) is 4.67. The van der Waals surface area contributed by atoms with Crippen molar-refractivity contribution in [3.05, 3.63) is 35.4 Å². The molecule has 1 aromatic heterocycles. The van der Waals surface area contributed by atoms with Gasteiger partial charge in [0.1, 0.15) is 11.5 Å². The lowest BCUT2D eigenvalue weighted by atomic mass is 10.0. The largest absolute Gasteiger partial charge is 0.493 e. The fraction of sp³-hybridized carbons (Fsp3) is 0.600. The SMILES string of the molecule is CCCCCCCCOc1cc(OCCCCCCCC)c2c(c1)sc1cc(C)cc(C)c12. The lowest BCUT2D eigenvalue weighted by molar-refractivity contribution is 0.292. The molecule has 33 heavy (non-hydrogen) atoms. The predicted octanol–water partition coefficient (Wildman–Crippen LogP) is 10.1. The summed E-state index contributed by atoms with van der Waals surface area (Å²) in [6.07, 6.45) is 15.4. The van der Waals surface area contributed by atoms with E-state index in [1.54, 1.807) is 0 Å². The van der Waals surface area contributed by atoms with Crippen LogP contribution in [-0.2, 0) is 0 Å². The Labute approximate surface area is 205 Å². The van der Waals surface area contributed by atoms with Crippen molar-refractivity contribution in [1.29, 1.82) is 0 Å². The average Bonchev–Trinajstić information content (AvgIpc) is 3.16. The highest BCUT2D eigenvalue weighted by Crippen LogP contribution is 2.44. The second-order valence-corrected chi connectivity index (χ2v) is 10.7. The number of ether oxygens (including phenoxy) is 2. The molecule has 0 amide bonds. The minimum absolute atomic E-state index is 0.782. The molecule has 0 unspecified atom stereocenters. The van der Waals surface area contributed by atoms with Gasteiger partial charge in [0, 0.05) is 26.2 Å². The van der Waals surface area contributed by atoms with Crippen molar-refractivity contribution in [3.63, 3.8) is 0 Å². The van der Waals surface area contributed by atoms with Gasteiger partial charge in [0.25, 0.3) is 0 Å². The summed E-state index contributed by atoms with van der Waals surface area (Å²) in [6.45, 7) is 10.5. The summed E-state index contributed by atoms with van der Waals surface area (Å²) >= 11 is 1.86. The summed E-state index contributed by atoms with van der Waals surface area (Å²) in [5.41, 5.74) is 2.65. The zero-order valence-corrected chi connectivity index (χ0v) is 22.3. The van der Waals surface area contributed by atoms with Gasteiger partial charge in [-0.25, -0.2) is 0 Å². The molecule has 0 aliphatic rings. The molecule has 0 saturated carbocycles. The Bertz CT molecular complexity index is 988. The first-order chi connectivity index (χ1) is 16.1. The third-order valence-electron chi connectivity index (χ3n) is 6.48. The van der Waals surface area contributed by atoms with E-state index >= 15 is 0 Å². The third kappa shape index (κ3) is 7.64. The molecule has 2 aromatic carbocycles. The highest BCUT2D eigenvalue weighted by molar-refractivity contribution is 7.26. The molecular formula is C30H44O2S. The van der Waals surface area contributed by atoms with Gasteiger partial charge < -0.3 is 9.47 Å². The number of aryl methyl sites for hydroxylation is 2.